The molecule has 0 spiro atoms. The predicted octanol–water partition coefficient (Wildman–Crippen LogP) is 2.98. The highest BCUT2D eigenvalue weighted by Gasteiger charge is 2.37. The maximum absolute atomic E-state index is 11.8. The molecule has 2 rings (SSSR count). The van der Waals surface area contributed by atoms with Crippen molar-refractivity contribution in [2.24, 2.45) is 5.92 Å². The number of allylic oxidation sites excluding steroid dienone is 1. The normalized spacial score (nSPS) is 39.7. The van der Waals surface area contributed by atoms with Crippen LogP contribution in [0.4, 0.5) is 0 Å². The zero-order chi connectivity index (χ0) is 9.42. The number of halogens is 1. The Bertz CT molecular complexity index is 262. The van der Waals surface area contributed by atoms with Crippen molar-refractivity contribution in [2.75, 3.05) is 0 Å². The first kappa shape index (κ1) is 9.60. The summed E-state index contributed by atoms with van der Waals surface area (Å²) in [6, 6.07) is 0. The van der Waals surface area contributed by atoms with Gasteiger partial charge in [-0.2, -0.15) is 0 Å². The van der Waals surface area contributed by atoms with Crippen molar-refractivity contribution in [3.05, 3.63) is 11.0 Å². The van der Waals surface area contributed by atoms with E-state index in [1.54, 1.807) is 0 Å². The van der Waals surface area contributed by atoms with Crippen LogP contribution in [-0.2, 0) is 4.79 Å². The maximum Gasteiger partial charge on any atom is 0.163 e. The number of thioether (sulfide) groups is 1. The first-order valence-corrected chi connectivity index (χ1v) is 6.07. The largest absolute Gasteiger partial charge is 0.294 e. The van der Waals surface area contributed by atoms with Gasteiger partial charge < -0.3 is 0 Å². The Morgan fingerprint density at radius 3 is 3.08 bits per heavy atom. The molecule has 0 aromatic carbocycles. The van der Waals surface area contributed by atoms with Crippen LogP contribution < -0.4 is 0 Å². The lowest BCUT2D eigenvalue weighted by atomic mass is 9.83. The van der Waals surface area contributed by atoms with E-state index in [-0.39, 0.29) is 11.3 Å². The Hall–Kier alpha value is 0.0500. The van der Waals surface area contributed by atoms with Gasteiger partial charge in [-0.25, -0.2) is 0 Å². The lowest BCUT2D eigenvalue weighted by Crippen LogP contribution is -2.35. The van der Waals surface area contributed by atoms with E-state index in [1.807, 2.05) is 24.1 Å². The third kappa shape index (κ3) is 1.79. The van der Waals surface area contributed by atoms with Crippen molar-refractivity contribution >= 4 is 29.1 Å². The minimum absolute atomic E-state index is 0.200. The Labute approximate surface area is 87.9 Å². The van der Waals surface area contributed by atoms with Crippen LogP contribution in [0.25, 0.3) is 0 Å². The number of carbonyl (C=O) groups is 1. The number of hydrogen-bond acceptors (Lipinski definition) is 2. The summed E-state index contributed by atoms with van der Waals surface area (Å²) >= 11 is 7.89. The van der Waals surface area contributed by atoms with Crippen LogP contribution in [0.5, 0.6) is 0 Å². The Morgan fingerprint density at radius 1 is 1.54 bits per heavy atom. The molecule has 2 aliphatic rings. The van der Waals surface area contributed by atoms with Crippen LogP contribution >= 0.6 is 23.4 Å². The second kappa shape index (κ2) is 3.66. The molecule has 0 aromatic rings. The summed E-state index contributed by atoms with van der Waals surface area (Å²) in [5, 5.41) is 2.74. The van der Waals surface area contributed by atoms with Crippen molar-refractivity contribution in [3.63, 3.8) is 0 Å². The summed E-state index contributed by atoms with van der Waals surface area (Å²) in [4.78, 5) is 11.8. The molecular formula is C10H13ClOS. The summed E-state index contributed by atoms with van der Waals surface area (Å²) in [6.45, 7) is 1.91. The number of fused-ring (bicyclic) bond motifs is 1. The average Bonchev–Trinajstić information content (AvgIpc) is 2.12. The summed E-state index contributed by atoms with van der Waals surface area (Å²) in [7, 11) is 0. The van der Waals surface area contributed by atoms with Gasteiger partial charge in [0.2, 0.25) is 0 Å². The van der Waals surface area contributed by atoms with Gasteiger partial charge >= 0.3 is 0 Å². The molecule has 0 bridgehead atoms. The third-order valence-electron chi connectivity index (χ3n) is 2.87. The maximum atomic E-state index is 11.8. The molecule has 13 heavy (non-hydrogen) atoms. The summed E-state index contributed by atoms with van der Waals surface area (Å²) in [5.41, 5.74) is 0.914. The quantitative estimate of drug-likeness (QED) is 0.580. The molecule has 1 nitrogen and oxygen atoms in total. The van der Waals surface area contributed by atoms with Crippen LogP contribution in [0.3, 0.4) is 0 Å². The minimum Gasteiger partial charge on any atom is -0.294 e. The fourth-order valence-electron chi connectivity index (χ4n) is 2.07. The van der Waals surface area contributed by atoms with E-state index >= 15 is 0 Å². The van der Waals surface area contributed by atoms with Crippen LogP contribution in [0, 0.1) is 5.92 Å². The smallest absolute Gasteiger partial charge is 0.163 e. The third-order valence-corrected chi connectivity index (χ3v) is 4.67. The number of carbonyl (C=O) groups excluding carboxylic acids is 1. The monoisotopic (exact) mass is 216 g/mol. The van der Waals surface area contributed by atoms with Gasteiger partial charge in [-0.3, -0.25) is 4.79 Å². The molecule has 3 heteroatoms. The van der Waals surface area contributed by atoms with Gasteiger partial charge in [0.1, 0.15) is 0 Å². The molecule has 3 atom stereocenters. The van der Waals surface area contributed by atoms with Crippen LogP contribution in [0.2, 0.25) is 0 Å². The SMILES string of the molecule is CC1=CSC2CCC(Cl)CC2C1=O. The first-order chi connectivity index (χ1) is 6.18. The average molecular weight is 217 g/mol. The number of alkyl halides is 1. The Kier molecular flexibility index (Phi) is 2.70. The van der Waals surface area contributed by atoms with E-state index in [2.05, 4.69) is 0 Å². The molecule has 1 saturated carbocycles. The van der Waals surface area contributed by atoms with Crippen LogP contribution in [0.1, 0.15) is 26.2 Å². The van der Waals surface area contributed by atoms with E-state index < -0.39 is 0 Å². The fourth-order valence-corrected chi connectivity index (χ4v) is 3.58. The summed E-state index contributed by atoms with van der Waals surface area (Å²) < 4.78 is 0. The lowest BCUT2D eigenvalue weighted by molar-refractivity contribution is -0.119. The molecule has 0 saturated heterocycles. The second-order valence-corrected chi connectivity index (χ2v) is 5.59. The summed E-state index contributed by atoms with van der Waals surface area (Å²) in [6.07, 6.45) is 3.04. The highest BCUT2D eigenvalue weighted by Crippen LogP contribution is 2.41. The minimum atomic E-state index is 0.200. The number of rotatable bonds is 0. The lowest BCUT2D eigenvalue weighted by Gasteiger charge is -2.34. The standard InChI is InChI=1S/C10H13ClOS/c1-6-5-13-9-3-2-7(11)4-8(9)10(6)12/h5,7-9H,2-4H2,1H3. The van der Waals surface area contributed by atoms with Gasteiger partial charge in [-0.15, -0.1) is 23.4 Å². The molecule has 72 valence electrons. The molecule has 0 radical (unpaired) electrons. The number of ketones is 1. The van der Waals surface area contributed by atoms with Gasteiger partial charge in [-0.05, 0) is 37.2 Å². The predicted molar refractivity (Wildman–Crippen MR) is 57.1 cm³/mol. The Morgan fingerprint density at radius 2 is 2.31 bits per heavy atom. The van der Waals surface area contributed by atoms with Crippen LogP contribution in [-0.4, -0.2) is 16.4 Å². The van der Waals surface area contributed by atoms with Gasteiger partial charge in [0, 0.05) is 16.5 Å². The highest BCUT2D eigenvalue weighted by molar-refractivity contribution is 8.02. The molecule has 3 unspecified atom stereocenters. The zero-order valence-electron chi connectivity index (χ0n) is 7.63. The molecule has 1 heterocycles. The number of Topliss-reactive ketones (excluding diaryl/α,β-unsaturated/α-hetero) is 1. The second-order valence-electron chi connectivity index (χ2n) is 3.86. The molecule has 1 aliphatic heterocycles. The van der Waals surface area contributed by atoms with Gasteiger partial charge in [0.05, 0.1) is 0 Å². The molecule has 0 aromatic heterocycles. The van der Waals surface area contributed by atoms with Gasteiger partial charge in [0.15, 0.2) is 5.78 Å². The molecule has 1 fully saturated rings. The first-order valence-electron chi connectivity index (χ1n) is 4.69. The molecular weight excluding hydrogens is 204 g/mol. The van der Waals surface area contributed by atoms with E-state index in [4.69, 9.17) is 11.6 Å². The Balaban J connectivity index is 2.17. The van der Waals surface area contributed by atoms with E-state index in [0.29, 0.717) is 11.0 Å². The number of hydrogen-bond donors (Lipinski definition) is 0. The van der Waals surface area contributed by atoms with Crippen molar-refractivity contribution in [1.82, 2.24) is 0 Å². The van der Waals surface area contributed by atoms with Crippen molar-refractivity contribution < 1.29 is 4.79 Å². The van der Waals surface area contributed by atoms with Crippen molar-refractivity contribution in [1.29, 1.82) is 0 Å². The van der Waals surface area contributed by atoms with Gasteiger partial charge in [-0.1, -0.05) is 0 Å². The topological polar surface area (TPSA) is 17.1 Å². The fraction of sp³-hybridized carbons (Fsp3) is 0.700. The molecule has 1 aliphatic carbocycles. The molecule has 0 N–H and O–H groups in total. The van der Waals surface area contributed by atoms with E-state index in [0.717, 1.165) is 24.8 Å². The van der Waals surface area contributed by atoms with Crippen LogP contribution in [0.15, 0.2) is 11.0 Å². The van der Waals surface area contributed by atoms with Crippen molar-refractivity contribution in [2.45, 2.75) is 36.8 Å². The van der Waals surface area contributed by atoms with E-state index in [1.165, 1.54) is 0 Å². The zero-order valence-corrected chi connectivity index (χ0v) is 9.20. The summed E-state index contributed by atoms with van der Waals surface area (Å²) in [5.74, 6) is 0.528. The molecule has 0 amide bonds. The highest BCUT2D eigenvalue weighted by atomic mass is 35.5. The van der Waals surface area contributed by atoms with E-state index in [9.17, 15) is 4.79 Å². The van der Waals surface area contributed by atoms with Gasteiger partial charge in [0.25, 0.3) is 0 Å². The van der Waals surface area contributed by atoms with Crippen molar-refractivity contribution in [3.8, 4) is 0 Å².